The fourth-order valence-corrected chi connectivity index (χ4v) is 1.37. The molecule has 1 aromatic rings. The van der Waals surface area contributed by atoms with Gasteiger partial charge in [0.15, 0.2) is 0 Å². The Morgan fingerprint density at radius 3 is 2.44 bits per heavy atom. The largest absolute Gasteiger partial charge is 0.391 e. The molecule has 2 unspecified atom stereocenters. The lowest BCUT2D eigenvalue weighted by Gasteiger charge is -2.16. The van der Waals surface area contributed by atoms with Crippen molar-refractivity contribution in [3.8, 4) is 0 Å². The van der Waals surface area contributed by atoms with Gasteiger partial charge in [0.25, 0.3) is 0 Å². The molecule has 0 aliphatic rings. The second-order valence-corrected chi connectivity index (χ2v) is 4.49. The molecule has 90 valence electrons. The predicted octanol–water partition coefficient (Wildman–Crippen LogP) is 2.17. The van der Waals surface area contributed by atoms with E-state index in [1.54, 1.807) is 6.92 Å². The van der Waals surface area contributed by atoms with E-state index in [2.05, 4.69) is 5.32 Å². The van der Waals surface area contributed by atoms with Crippen molar-refractivity contribution in [2.45, 2.75) is 33.0 Å². The fraction of sp³-hybridized carbons (Fsp3) is 0.538. The van der Waals surface area contributed by atoms with Gasteiger partial charge in [-0.1, -0.05) is 26.0 Å². The highest BCUT2D eigenvalue weighted by Gasteiger charge is 2.08. The molecular weight excluding hydrogens is 202 g/mol. The summed E-state index contributed by atoms with van der Waals surface area (Å²) in [5.41, 5.74) is 1.81. The molecule has 0 amide bonds. The van der Waals surface area contributed by atoms with Crippen LogP contribution in [0.2, 0.25) is 0 Å². The van der Waals surface area contributed by atoms with Crippen LogP contribution in [0.25, 0.3) is 0 Å². The minimum absolute atomic E-state index is 0.243. The first-order valence-electron chi connectivity index (χ1n) is 5.70. The average molecular weight is 223 g/mol. The predicted molar refractivity (Wildman–Crippen MR) is 66.4 cm³/mol. The van der Waals surface area contributed by atoms with Gasteiger partial charge in [0.1, 0.15) is 0 Å². The maximum Gasteiger partial charge on any atom is 0.0762 e. The van der Waals surface area contributed by atoms with Crippen LogP contribution in [-0.2, 0) is 0 Å². The van der Waals surface area contributed by atoms with E-state index in [-0.39, 0.29) is 12.0 Å². The minimum Gasteiger partial charge on any atom is -0.391 e. The van der Waals surface area contributed by atoms with E-state index in [1.807, 2.05) is 38.1 Å². The number of hydrogen-bond donors (Lipinski definition) is 3. The Bertz CT molecular complexity index is 323. The highest BCUT2D eigenvalue weighted by molar-refractivity contribution is 5.46. The average Bonchev–Trinajstić information content (AvgIpc) is 2.26. The van der Waals surface area contributed by atoms with Gasteiger partial charge in [-0.2, -0.15) is 0 Å². The van der Waals surface area contributed by atoms with Gasteiger partial charge in [0, 0.05) is 12.2 Å². The number of rotatable bonds is 5. The Labute approximate surface area is 97.1 Å². The van der Waals surface area contributed by atoms with Gasteiger partial charge in [-0.05, 0) is 30.5 Å². The van der Waals surface area contributed by atoms with Gasteiger partial charge >= 0.3 is 0 Å². The summed E-state index contributed by atoms with van der Waals surface area (Å²) in [6.45, 7) is 6.24. The number of hydrogen-bond acceptors (Lipinski definition) is 3. The molecule has 0 aromatic heterocycles. The Morgan fingerprint density at radius 2 is 1.88 bits per heavy atom. The van der Waals surface area contributed by atoms with Crippen LogP contribution in [-0.4, -0.2) is 22.9 Å². The molecular formula is C13H21NO2. The molecule has 3 heteroatoms. The molecule has 0 radical (unpaired) electrons. The molecule has 0 spiro atoms. The minimum atomic E-state index is -0.461. The van der Waals surface area contributed by atoms with E-state index in [0.29, 0.717) is 6.54 Å². The summed E-state index contributed by atoms with van der Waals surface area (Å²) >= 11 is 0. The molecule has 2 atom stereocenters. The van der Waals surface area contributed by atoms with Crippen LogP contribution in [0.5, 0.6) is 0 Å². The van der Waals surface area contributed by atoms with E-state index >= 15 is 0 Å². The third-order valence-electron chi connectivity index (χ3n) is 2.65. The quantitative estimate of drug-likeness (QED) is 0.717. The summed E-state index contributed by atoms with van der Waals surface area (Å²) in [6, 6.07) is 7.61. The first kappa shape index (κ1) is 13.0. The van der Waals surface area contributed by atoms with Crippen molar-refractivity contribution >= 4 is 5.69 Å². The molecule has 3 nitrogen and oxygen atoms in total. The zero-order valence-corrected chi connectivity index (χ0v) is 10.1. The molecule has 3 N–H and O–H groups in total. The molecule has 0 heterocycles. The highest BCUT2D eigenvalue weighted by Crippen LogP contribution is 2.17. The van der Waals surface area contributed by atoms with E-state index in [4.69, 9.17) is 0 Å². The van der Waals surface area contributed by atoms with Crippen LogP contribution in [0.3, 0.4) is 0 Å². The summed E-state index contributed by atoms with van der Waals surface area (Å²) in [6.07, 6.45) is -0.813. The molecule has 0 saturated carbocycles. The maximum absolute atomic E-state index is 9.65. The first-order chi connectivity index (χ1) is 7.50. The lowest BCUT2D eigenvalue weighted by molar-refractivity contribution is 0.138. The van der Waals surface area contributed by atoms with Crippen molar-refractivity contribution in [3.63, 3.8) is 0 Å². The van der Waals surface area contributed by atoms with Crippen molar-refractivity contribution in [2.75, 3.05) is 11.9 Å². The van der Waals surface area contributed by atoms with Crippen molar-refractivity contribution in [1.29, 1.82) is 0 Å². The number of nitrogens with one attached hydrogen (secondary N) is 1. The number of aliphatic hydroxyl groups excluding tert-OH is 2. The van der Waals surface area contributed by atoms with Crippen molar-refractivity contribution < 1.29 is 10.2 Å². The van der Waals surface area contributed by atoms with Crippen molar-refractivity contribution in [2.24, 2.45) is 5.92 Å². The molecule has 0 aliphatic heterocycles. The standard InChI is InChI=1S/C13H21NO2/c1-9(2)13(16)8-14-12-6-4-5-11(7-12)10(3)15/h4-7,9-10,13-16H,8H2,1-3H3. The summed E-state index contributed by atoms with van der Waals surface area (Å²) in [7, 11) is 0. The molecule has 16 heavy (non-hydrogen) atoms. The topological polar surface area (TPSA) is 52.5 Å². The van der Waals surface area contributed by atoms with Gasteiger partial charge in [0.05, 0.1) is 12.2 Å². The Hall–Kier alpha value is -1.06. The lowest BCUT2D eigenvalue weighted by atomic mass is 10.1. The Morgan fingerprint density at radius 1 is 1.19 bits per heavy atom. The van der Waals surface area contributed by atoms with E-state index < -0.39 is 6.10 Å². The van der Waals surface area contributed by atoms with Crippen LogP contribution in [0.15, 0.2) is 24.3 Å². The lowest BCUT2D eigenvalue weighted by Crippen LogP contribution is -2.24. The smallest absolute Gasteiger partial charge is 0.0762 e. The van der Waals surface area contributed by atoms with Crippen molar-refractivity contribution in [1.82, 2.24) is 0 Å². The Kier molecular flexibility index (Phi) is 4.77. The summed E-state index contributed by atoms with van der Waals surface area (Å²) in [5, 5.41) is 22.3. The summed E-state index contributed by atoms with van der Waals surface area (Å²) < 4.78 is 0. The van der Waals surface area contributed by atoms with Crippen LogP contribution >= 0.6 is 0 Å². The Balaban J connectivity index is 2.57. The molecule has 0 bridgehead atoms. The van der Waals surface area contributed by atoms with E-state index in [9.17, 15) is 10.2 Å². The zero-order valence-electron chi connectivity index (χ0n) is 10.1. The fourth-order valence-electron chi connectivity index (χ4n) is 1.37. The highest BCUT2D eigenvalue weighted by atomic mass is 16.3. The number of anilines is 1. The van der Waals surface area contributed by atoms with Crippen LogP contribution in [0.1, 0.15) is 32.4 Å². The number of aliphatic hydroxyl groups is 2. The summed E-state index contributed by atoms with van der Waals surface area (Å²) in [5.74, 6) is 0.243. The molecule has 0 aliphatic carbocycles. The molecule has 1 aromatic carbocycles. The van der Waals surface area contributed by atoms with Crippen molar-refractivity contribution in [3.05, 3.63) is 29.8 Å². The normalized spacial score (nSPS) is 14.9. The van der Waals surface area contributed by atoms with Gasteiger partial charge in [0.2, 0.25) is 0 Å². The monoisotopic (exact) mass is 223 g/mol. The third-order valence-corrected chi connectivity index (χ3v) is 2.65. The van der Waals surface area contributed by atoms with Crippen LogP contribution in [0.4, 0.5) is 5.69 Å². The third kappa shape index (κ3) is 3.83. The van der Waals surface area contributed by atoms with Crippen LogP contribution < -0.4 is 5.32 Å². The van der Waals surface area contributed by atoms with E-state index in [0.717, 1.165) is 11.3 Å². The van der Waals surface area contributed by atoms with Gasteiger partial charge < -0.3 is 15.5 Å². The van der Waals surface area contributed by atoms with Gasteiger partial charge in [-0.25, -0.2) is 0 Å². The van der Waals surface area contributed by atoms with E-state index in [1.165, 1.54) is 0 Å². The molecule has 0 fully saturated rings. The second-order valence-electron chi connectivity index (χ2n) is 4.49. The SMILES string of the molecule is CC(O)c1cccc(NCC(O)C(C)C)c1. The van der Waals surface area contributed by atoms with Gasteiger partial charge in [-0.15, -0.1) is 0 Å². The van der Waals surface area contributed by atoms with Gasteiger partial charge in [-0.3, -0.25) is 0 Å². The summed E-state index contributed by atoms with van der Waals surface area (Å²) in [4.78, 5) is 0. The second kappa shape index (κ2) is 5.87. The molecule has 1 rings (SSSR count). The first-order valence-corrected chi connectivity index (χ1v) is 5.70. The molecule has 0 saturated heterocycles. The number of benzene rings is 1. The maximum atomic E-state index is 9.65. The zero-order chi connectivity index (χ0) is 12.1. The van der Waals surface area contributed by atoms with Crippen LogP contribution in [0, 0.1) is 5.92 Å².